The first-order valence-corrected chi connectivity index (χ1v) is 5.26. The van der Waals surface area contributed by atoms with Crippen molar-refractivity contribution in [3.8, 4) is 0 Å². The van der Waals surface area contributed by atoms with Gasteiger partial charge >= 0.3 is 0 Å². The van der Waals surface area contributed by atoms with Gasteiger partial charge in [-0.2, -0.15) is 0 Å². The summed E-state index contributed by atoms with van der Waals surface area (Å²) in [5, 5.41) is 3.19. The van der Waals surface area contributed by atoms with Gasteiger partial charge < -0.3 is 9.88 Å². The summed E-state index contributed by atoms with van der Waals surface area (Å²) < 4.78 is 15.2. The Labute approximate surface area is 93.9 Å². The lowest BCUT2D eigenvalue weighted by molar-refractivity contribution is 0.565. The van der Waals surface area contributed by atoms with Gasteiger partial charge in [0, 0.05) is 37.6 Å². The first kappa shape index (κ1) is 10.8. The van der Waals surface area contributed by atoms with Crippen molar-refractivity contribution in [1.29, 1.82) is 0 Å². The van der Waals surface area contributed by atoms with Gasteiger partial charge in [0.15, 0.2) is 0 Å². The van der Waals surface area contributed by atoms with Crippen LogP contribution >= 0.6 is 0 Å². The molecule has 0 spiro atoms. The van der Waals surface area contributed by atoms with Crippen LogP contribution in [0, 0.1) is 5.82 Å². The molecule has 0 saturated heterocycles. The maximum atomic E-state index is 13.2. The van der Waals surface area contributed by atoms with Gasteiger partial charge in [-0.25, -0.2) is 9.37 Å². The number of halogens is 1. The molecule has 0 aliphatic rings. The fraction of sp³-hybridized carbons (Fsp3) is 0.250. The summed E-state index contributed by atoms with van der Waals surface area (Å²) in [6, 6.07) is 6.81. The summed E-state index contributed by atoms with van der Waals surface area (Å²) in [6.07, 6.45) is 5.42. The summed E-state index contributed by atoms with van der Waals surface area (Å²) in [4.78, 5) is 3.95. The van der Waals surface area contributed by atoms with Crippen molar-refractivity contribution in [2.75, 3.05) is 6.54 Å². The topological polar surface area (TPSA) is 29.9 Å². The van der Waals surface area contributed by atoms with Crippen LogP contribution in [0.15, 0.2) is 43.0 Å². The van der Waals surface area contributed by atoms with Crippen LogP contribution in [0.3, 0.4) is 0 Å². The second-order valence-corrected chi connectivity index (χ2v) is 3.57. The highest BCUT2D eigenvalue weighted by Crippen LogP contribution is 2.05. The molecule has 1 heterocycles. The average Bonchev–Trinajstić information content (AvgIpc) is 2.79. The monoisotopic (exact) mass is 219 g/mol. The van der Waals surface area contributed by atoms with Gasteiger partial charge in [-0.3, -0.25) is 0 Å². The SMILES string of the molecule is Fc1ccccc1CNCCn1ccnc1. The van der Waals surface area contributed by atoms with Crippen LogP contribution in [0.25, 0.3) is 0 Å². The molecule has 1 aromatic heterocycles. The molecule has 2 rings (SSSR count). The number of benzene rings is 1. The number of nitrogens with one attached hydrogen (secondary N) is 1. The van der Waals surface area contributed by atoms with E-state index in [0.29, 0.717) is 12.1 Å². The van der Waals surface area contributed by atoms with E-state index in [1.807, 2.05) is 16.8 Å². The van der Waals surface area contributed by atoms with E-state index < -0.39 is 0 Å². The van der Waals surface area contributed by atoms with Crippen molar-refractivity contribution in [1.82, 2.24) is 14.9 Å². The Bertz CT molecular complexity index is 426. The third kappa shape index (κ3) is 2.90. The van der Waals surface area contributed by atoms with E-state index in [2.05, 4.69) is 10.3 Å². The van der Waals surface area contributed by atoms with Gasteiger partial charge in [-0.05, 0) is 6.07 Å². The Morgan fingerprint density at radius 2 is 2.19 bits per heavy atom. The summed E-state index contributed by atoms with van der Waals surface area (Å²) in [7, 11) is 0. The van der Waals surface area contributed by atoms with E-state index in [1.54, 1.807) is 24.7 Å². The molecule has 0 fully saturated rings. The van der Waals surface area contributed by atoms with Gasteiger partial charge in [0.25, 0.3) is 0 Å². The van der Waals surface area contributed by atoms with Crippen LogP contribution in [-0.4, -0.2) is 16.1 Å². The van der Waals surface area contributed by atoms with E-state index in [4.69, 9.17) is 0 Å². The highest BCUT2D eigenvalue weighted by molar-refractivity contribution is 5.16. The molecule has 4 heteroatoms. The largest absolute Gasteiger partial charge is 0.336 e. The minimum absolute atomic E-state index is 0.155. The summed E-state index contributed by atoms with van der Waals surface area (Å²) in [5.74, 6) is -0.155. The minimum atomic E-state index is -0.155. The number of hydrogen-bond acceptors (Lipinski definition) is 2. The first-order chi connectivity index (χ1) is 7.86. The molecule has 0 amide bonds. The number of hydrogen-bond donors (Lipinski definition) is 1. The molecule has 1 N–H and O–H groups in total. The standard InChI is InChI=1S/C12H14FN3/c13-12-4-2-1-3-11(12)9-14-5-7-16-8-6-15-10-16/h1-4,6,8,10,14H,5,7,9H2. The quantitative estimate of drug-likeness (QED) is 0.777. The Morgan fingerprint density at radius 1 is 1.31 bits per heavy atom. The maximum Gasteiger partial charge on any atom is 0.127 e. The molecular weight excluding hydrogens is 205 g/mol. The molecule has 0 aliphatic heterocycles. The molecule has 0 saturated carbocycles. The number of aromatic nitrogens is 2. The van der Waals surface area contributed by atoms with E-state index in [0.717, 1.165) is 13.1 Å². The van der Waals surface area contributed by atoms with Crippen LogP contribution in [0.2, 0.25) is 0 Å². The maximum absolute atomic E-state index is 13.2. The molecule has 16 heavy (non-hydrogen) atoms. The Morgan fingerprint density at radius 3 is 2.94 bits per heavy atom. The lowest BCUT2D eigenvalue weighted by Crippen LogP contribution is -2.19. The lowest BCUT2D eigenvalue weighted by atomic mass is 10.2. The van der Waals surface area contributed by atoms with E-state index in [9.17, 15) is 4.39 Å². The molecule has 0 radical (unpaired) electrons. The summed E-state index contributed by atoms with van der Waals surface area (Å²) in [5.41, 5.74) is 0.702. The Kier molecular flexibility index (Phi) is 3.66. The normalized spacial score (nSPS) is 10.6. The minimum Gasteiger partial charge on any atom is -0.336 e. The zero-order valence-electron chi connectivity index (χ0n) is 8.94. The molecule has 3 nitrogen and oxygen atoms in total. The van der Waals surface area contributed by atoms with Gasteiger partial charge in [-0.1, -0.05) is 18.2 Å². The van der Waals surface area contributed by atoms with Crippen molar-refractivity contribution < 1.29 is 4.39 Å². The lowest BCUT2D eigenvalue weighted by Gasteiger charge is -2.06. The zero-order chi connectivity index (χ0) is 11.2. The molecule has 0 aliphatic carbocycles. The Hall–Kier alpha value is -1.68. The molecule has 1 aromatic carbocycles. The average molecular weight is 219 g/mol. The number of imidazole rings is 1. The predicted molar refractivity (Wildman–Crippen MR) is 60.3 cm³/mol. The van der Waals surface area contributed by atoms with Crippen molar-refractivity contribution in [3.63, 3.8) is 0 Å². The second kappa shape index (κ2) is 5.42. The van der Waals surface area contributed by atoms with Crippen molar-refractivity contribution in [3.05, 3.63) is 54.4 Å². The van der Waals surface area contributed by atoms with Crippen molar-refractivity contribution in [2.45, 2.75) is 13.1 Å². The van der Waals surface area contributed by atoms with Gasteiger partial charge in [0.2, 0.25) is 0 Å². The van der Waals surface area contributed by atoms with E-state index in [1.165, 1.54) is 6.07 Å². The van der Waals surface area contributed by atoms with Crippen LogP contribution in [0.4, 0.5) is 4.39 Å². The third-order valence-electron chi connectivity index (χ3n) is 2.38. The molecule has 2 aromatic rings. The Balaban J connectivity index is 1.74. The third-order valence-corrected chi connectivity index (χ3v) is 2.38. The van der Waals surface area contributed by atoms with Crippen LogP contribution in [-0.2, 0) is 13.1 Å². The first-order valence-electron chi connectivity index (χ1n) is 5.26. The van der Waals surface area contributed by atoms with Gasteiger partial charge in [0.05, 0.1) is 6.33 Å². The highest BCUT2D eigenvalue weighted by atomic mass is 19.1. The highest BCUT2D eigenvalue weighted by Gasteiger charge is 1.98. The zero-order valence-corrected chi connectivity index (χ0v) is 8.94. The van der Waals surface area contributed by atoms with Crippen molar-refractivity contribution >= 4 is 0 Å². The number of rotatable bonds is 5. The summed E-state index contributed by atoms with van der Waals surface area (Å²) in [6.45, 7) is 2.19. The van der Waals surface area contributed by atoms with Gasteiger partial charge in [-0.15, -0.1) is 0 Å². The fourth-order valence-corrected chi connectivity index (χ4v) is 1.49. The molecule has 0 atom stereocenters. The molecule has 84 valence electrons. The van der Waals surface area contributed by atoms with Crippen molar-refractivity contribution in [2.24, 2.45) is 0 Å². The fourth-order valence-electron chi connectivity index (χ4n) is 1.49. The molecular formula is C12H14FN3. The van der Waals surface area contributed by atoms with E-state index in [-0.39, 0.29) is 5.82 Å². The molecule has 0 unspecified atom stereocenters. The number of nitrogens with zero attached hydrogens (tertiary/aromatic N) is 2. The van der Waals surface area contributed by atoms with Crippen LogP contribution < -0.4 is 5.32 Å². The smallest absolute Gasteiger partial charge is 0.127 e. The van der Waals surface area contributed by atoms with E-state index >= 15 is 0 Å². The van der Waals surface area contributed by atoms with Crippen LogP contribution in [0.5, 0.6) is 0 Å². The molecule has 0 bridgehead atoms. The second-order valence-electron chi connectivity index (χ2n) is 3.57. The van der Waals surface area contributed by atoms with Crippen LogP contribution in [0.1, 0.15) is 5.56 Å². The van der Waals surface area contributed by atoms with Gasteiger partial charge in [0.1, 0.15) is 5.82 Å². The summed E-state index contributed by atoms with van der Waals surface area (Å²) >= 11 is 0. The predicted octanol–water partition coefficient (Wildman–Crippen LogP) is 1.81.